The van der Waals surface area contributed by atoms with E-state index in [9.17, 15) is 9.59 Å². The average molecular weight is 427 g/mol. The first-order chi connectivity index (χ1) is 14.9. The van der Waals surface area contributed by atoms with Crippen LogP contribution in [-0.2, 0) is 20.7 Å². The van der Waals surface area contributed by atoms with E-state index in [0.29, 0.717) is 24.7 Å². The van der Waals surface area contributed by atoms with Crippen molar-refractivity contribution in [3.05, 3.63) is 53.1 Å². The smallest absolute Gasteiger partial charge is 0.307 e. The summed E-state index contributed by atoms with van der Waals surface area (Å²) in [6.07, 6.45) is 0.904. The summed E-state index contributed by atoms with van der Waals surface area (Å²) in [5.41, 5.74) is 3.88. The maximum Gasteiger partial charge on any atom is 0.307 e. The average Bonchev–Trinajstić information content (AvgIpc) is 2.74. The standard InChI is InChI=1S/C24H30N2O5/c1-5-31-24(28)14-20-19-13-22(30-4)21(29-3)12-17(19)9-10-26(20)15-23(27)25-18-8-6-7-16(2)11-18/h6-8,11-13,20H,5,9-10,14-15H2,1-4H3,(H,25,27). The molecular weight excluding hydrogens is 396 g/mol. The summed E-state index contributed by atoms with van der Waals surface area (Å²) in [4.78, 5) is 27.1. The number of esters is 1. The second-order valence-electron chi connectivity index (χ2n) is 7.57. The molecule has 1 amide bonds. The van der Waals surface area contributed by atoms with Crippen LogP contribution >= 0.6 is 0 Å². The zero-order chi connectivity index (χ0) is 22.4. The third kappa shape index (κ3) is 5.55. The van der Waals surface area contributed by atoms with Crippen LogP contribution in [0.3, 0.4) is 0 Å². The van der Waals surface area contributed by atoms with E-state index in [1.165, 1.54) is 0 Å². The molecule has 2 aromatic rings. The lowest BCUT2D eigenvalue weighted by molar-refractivity contribution is -0.145. The Morgan fingerprint density at radius 3 is 2.55 bits per heavy atom. The van der Waals surface area contributed by atoms with Gasteiger partial charge in [0.05, 0.1) is 33.8 Å². The number of anilines is 1. The molecule has 0 saturated heterocycles. The summed E-state index contributed by atoms with van der Waals surface area (Å²) in [6.45, 7) is 4.90. The zero-order valence-corrected chi connectivity index (χ0v) is 18.6. The second kappa shape index (κ2) is 10.3. The molecule has 1 heterocycles. The molecule has 3 rings (SSSR count). The third-order valence-electron chi connectivity index (χ3n) is 5.43. The third-order valence-corrected chi connectivity index (χ3v) is 5.43. The predicted molar refractivity (Wildman–Crippen MR) is 119 cm³/mol. The summed E-state index contributed by atoms with van der Waals surface area (Å²) in [5, 5.41) is 2.95. The van der Waals surface area contributed by atoms with Gasteiger partial charge >= 0.3 is 5.97 Å². The number of carbonyl (C=O) groups is 2. The molecule has 7 nitrogen and oxygen atoms in total. The maximum absolute atomic E-state index is 12.8. The van der Waals surface area contributed by atoms with Gasteiger partial charge in [0.15, 0.2) is 11.5 Å². The number of carbonyl (C=O) groups excluding carboxylic acids is 2. The van der Waals surface area contributed by atoms with Gasteiger partial charge in [0.1, 0.15) is 0 Å². The summed E-state index contributed by atoms with van der Waals surface area (Å²) >= 11 is 0. The summed E-state index contributed by atoms with van der Waals surface area (Å²) in [7, 11) is 3.19. The molecule has 1 aliphatic heterocycles. The van der Waals surface area contributed by atoms with Gasteiger partial charge < -0.3 is 19.5 Å². The monoisotopic (exact) mass is 426 g/mol. The molecule has 0 aromatic heterocycles. The minimum absolute atomic E-state index is 0.122. The fraction of sp³-hybridized carbons (Fsp3) is 0.417. The van der Waals surface area contributed by atoms with Crippen molar-refractivity contribution in [2.45, 2.75) is 32.7 Å². The molecule has 0 fully saturated rings. The van der Waals surface area contributed by atoms with Gasteiger partial charge in [0, 0.05) is 18.3 Å². The number of methoxy groups -OCH3 is 2. The molecule has 1 aliphatic rings. The Balaban J connectivity index is 1.85. The first-order valence-corrected chi connectivity index (χ1v) is 10.5. The van der Waals surface area contributed by atoms with Crippen molar-refractivity contribution in [2.24, 2.45) is 0 Å². The number of ether oxygens (including phenoxy) is 3. The van der Waals surface area contributed by atoms with Gasteiger partial charge in [-0.05, 0) is 61.2 Å². The number of fused-ring (bicyclic) bond motifs is 1. The second-order valence-corrected chi connectivity index (χ2v) is 7.57. The molecule has 0 radical (unpaired) electrons. The van der Waals surface area contributed by atoms with E-state index in [4.69, 9.17) is 14.2 Å². The van der Waals surface area contributed by atoms with Crippen LogP contribution in [0.25, 0.3) is 0 Å². The molecule has 1 unspecified atom stereocenters. The summed E-state index contributed by atoms with van der Waals surface area (Å²) < 4.78 is 16.1. The first-order valence-electron chi connectivity index (χ1n) is 10.5. The minimum Gasteiger partial charge on any atom is -0.493 e. The first kappa shape index (κ1) is 22.6. The normalized spacial score (nSPS) is 15.7. The number of nitrogens with one attached hydrogen (secondary N) is 1. The Kier molecular flexibility index (Phi) is 7.52. The fourth-order valence-electron chi connectivity index (χ4n) is 3.99. The van der Waals surface area contributed by atoms with Crippen molar-refractivity contribution in [3.8, 4) is 11.5 Å². The maximum atomic E-state index is 12.8. The van der Waals surface area contributed by atoms with Crippen LogP contribution in [0.4, 0.5) is 5.69 Å². The van der Waals surface area contributed by atoms with Crippen molar-refractivity contribution in [1.29, 1.82) is 0 Å². The van der Waals surface area contributed by atoms with Gasteiger partial charge in [0.25, 0.3) is 0 Å². The molecule has 2 aromatic carbocycles. The Bertz CT molecular complexity index is 944. The van der Waals surface area contributed by atoms with Crippen molar-refractivity contribution in [3.63, 3.8) is 0 Å². The number of rotatable bonds is 8. The molecule has 0 bridgehead atoms. The van der Waals surface area contributed by atoms with Gasteiger partial charge in [-0.1, -0.05) is 12.1 Å². The van der Waals surface area contributed by atoms with Gasteiger partial charge in [-0.2, -0.15) is 0 Å². The highest BCUT2D eigenvalue weighted by Gasteiger charge is 2.32. The number of hydrogen-bond acceptors (Lipinski definition) is 6. The largest absolute Gasteiger partial charge is 0.493 e. The number of aryl methyl sites for hydroxylation is 1. The Morgan fingerprint density at radius 1 is 1.13 bits per heavy atom. The lowest BCUT2D eigenvalue weighted by Crippen LogP contribution is -2.41. The Morgan fingerprint density at radius 2 is 1.87 bits per heavy atom. The topological polar surface area (TPSA) is 77.1 Å². The molecule has 0 aliphatic carbocycles. The molecule has 0 spiro atoms. The molecule has 0 saturated carbocycles. The van der Waals surface area contributed by atoms with Gasteiger partial charge in [-0.3, -0.25) is 14.5 Å². The lowest BCUT2D eigenvalue weighted by Gasteiger charge is -2.37. The highest BCUT2D eigenvalue weighted by molar-refractivity contribution is 5.92. The predicted octanol–water partition coefficient (Wildman–Crippen LogP) is 3.50. The SMILES string of the molecule is CCOC(=O)CC1c2cc(OC)c(OC)cc2CCN1CC(=O)Nc1cccc(C)c1. The zero-order valence-electron chi connectivity index (χ0n) is 18.6. The van der Waals surface area contributed by atoms with E-state index in [2.05, 4.69) is 5.32 Å². The van der Waals surface area contributed by atoms with Crippen LogP contribution in [0.1, 0.15) is 36.1 Å². The van der Waals surface area contributed by atoms with Gasteiger partial charge in [-0.15, -0.1) is 0 Å². The lowest BCUT2D eigenvalue weighted by atomic mass is 9.90. The van der Waals surface area contributed by atoms with Crippen LogP contribution in [0.5, 0.6) is 11.5 Å². The number of benzene rings is 2. The highest BCUT2D eigenvalue weighted by atomic mass is 16.5. The van der Waals surface area contributed by atoms with Crippen LogP contribution < -0.4 is 14.8 Å². The van der Waals surface area contributed by atoms with Crippen molar-refractivity contribution >= 4 is 17.6 Å². The van der Waals surface area contributed by atoms with E-state index in [-0.39, 0.29) is 30.9 Å². The highest BCUT2D eigenvalue weighted by Crippen LogP contribution is 2.39. The van der Waals surface area contributed by atoms with E-state index in [1.54, 1.807) is 21.1 Å². The van der Waals surface area contributed by atoms with Crippen LogP contribution in [0, 0.1) is 6.92 Å². The quantitative estimate of drug-likeness (QED) is 0.651. The summed E-state index contributed by atoms with van der Waals surface area (Å²) in [5.74, 6) is 0.838. The molecule has 7 heteroatoms. The number of nitrogens with zero attached hydrogens (tertiary/aromatic N) is 1. The van der Waals surface area contributed by atoms with Crippen molar-refractivity contribution in [2.75, 3.05) is 39.2 Å². The van der Waals surface area contributed by atoms with Gasteiger partial charge in [-0.25, -0.2) is 0 Å². The van der Waals surface area contributed by atoms with Crippen molar-refractivity contribution < 1.29 is 23.8 Å². The van der Waals surface area contributed by atoms with Crippen LogP contribution in [0.2, 0.25) is 0 Å². The Hall–Kier alpha value is -3.06. The molecule has 166 valence electrons. The van der Waals surface area contributed by atoms with E-state index in [1.807, 2.05) is 48.2 Å². The summed E-state index contributed by atoms with van der Waals surface area (Å²) in [6, 6.07) is 11.3. The molecule has 1 N–H and O–H groups in total. The molecule has 1 atom stereocenters. The van der Waals surface area contributed by atoms with Gasteiger partial charge in [0.2, 0.25) is 5.91 Å². The Labute approximate surface area is 183 Å². The molecular formula is C24H30N2O5. The number of amides is 1. The van der Waals surface area contributed by atoms with E-state index < -0.39 is 0 Å². The van der Waals surface area contributed by atoms with Crippen LogP contribution in [-0.4, -0.2) is 50.7 Å². The van der Waals surface area contributed by atoms with Crippen molar-refractivity contribution in [1.82, 2.24) is 4.90 Å². The van der Waals surface area contributed by atoms with E-state index >= 15 is 0 Å². The molecule has 31 heavy (non-hydrogen) atoms. The minimum atomic E-state index is -0.292. The number of hydrogen-bond donors (Lipinski definition) is 1. The van der Waals surface area contributed by atoms with Crippen LogP contribution in [0.15, 0.2) is 36.4 Å². The van der Waals surface area contributed by atoms with E-state index in [0.717, 1.165) is 28.8 Å². The fourth-order valence-corrected chi connectivity index (χ4v) is 3.99.